The van der Waals surface area contributed by atoms with Gasteiger partial charge in [-0.2, -0.15) is 0 Å². The minimum absolute atomic E-state index is 0.213. The van der Waals surface area contributed by atoms with Crippen molar-refractivity contribution in [3.63, 3.8) is 0 Å². The lowest BCUT2D eigenvalue weighted by Crippen LogP contribution is -2.56. The van der Waals surface area contributed by atoms with Crippen LogP contribution in [-0.2, 0) is 9.59 Å². The highest BCUT2D eigenvalue weighted by molar-refractivity contribution is 6.07. The topological polar surface area (TPSA) is 78.5 Å². The molecule has 3 atom stereocenters. The molecule has 0 radical (unpaired) electrons. The highest BCUT2D eigenvalue weighted by atomic mass is 16.2. The molecule has 21 heavy (non-hydrogen) atoms. The first kappa shape index (κ1) is 13.1. The summed E-state index contributed by atoms with van der Waals surface area (Å²) in [7, 11) is 0. The van der Waals surface area contributed by atoms with E-state index in [0.717, 1.165) is 12.3 Å². The molecule has 0 aromatic heterocycles. The first-order valence-corrected chi connectivity index (χ1v) is 8.00. The lowest BCUT2D eigenvalue weighted by atomic mass is 9.84. The van der Waals surface area contributed by atoms with Gasteiger partial charge in [-0.15, -0.1) is 0 Å². The fourth-order valence-electron chi connectivity index (χ4n) is 4.77. The fourth-order valence-corrected chi connectivity index (χ4v) is 4.77. The zero-order valence-corrected chi connectivity index (χ0v) is 12.1. The van der Waals surface area contributed by atoms with Crippen molar-refractivity contribution < 1.29 is 14.4 Å². The summed E-state index contributed by atoms with van der Waals surface area (Å²) in [6.45, 7) is 1.14. The fraction of sp³-hybridized carbons (Fsp3) is 0.800. The van der Waals surface area contributed by atoms with E-state index in [0.29, 0.717) is 31.8 Å². The van der Waals surface area contributed by atoms with Gasteiger partial charge in [-0.25, -0.2) is 4.79 Å². The summed E-state index contributed by atoms with van der Waals surface area (Å²) in [6.07, 6.45) is 5.84. The average molecular weight is 291 g/mol. The van der Waals surface area contributed by atoms with Crippen LogP contribution in [0.15, 0.2) is 0 Å². The molecule has 4 fully saturated rings. The van der Waals surface area contributed by atoms with Crippen molar-refractivity contribution >= 4 is 17.8 Å². The van der Waals surface area contributed by atoms with Gasteiger partial charge in [-0.3, -0.25) is 14.9 Å². The lowest BCUT2D eigenvalue weighted by Gasteiger charge is -2.39. The zero-order chi connectivity index (χ0) is 14.6. The highest BCUT2D eigenvalue weighted by Crippen LogP contribution is 2.49. The van der Waals surface area contributed by atoms with E-state index in [2.05, 4.69) is 10.6 Å². The number of fused-ring (bicyclic) bond motifs is 2. The van der Waals surface area contributed by atoms with Gasteiger partial charge in [-0.1, -0.05) is 6.42 Å². The van der Waals surface area contributed by atoms with Gasteiger partial charge in [0.15, 0.2) is 0 Å². The van der Waals surface area contributed by atoms with Crippen LogP contribution in [0.4, 0.5) is 4.79 Å². The van der Waals surface area contributed by atoms with Gasteiger partial charge in [0.25, 0.3) is 5.91 Å². The number of carbonyl (C=O) groups is 3. The van der Waals surface area contributed by atoms with Crippen molar-refractivity contribution in [2.75, 3.05) is 13.1 Å². The molecular formula is C15H21N3O3. The maximum atomic E-state index is 12.7. The van der Waals surface area contributed by atoms with Crippen molar-refractivity contribution in [2.45, 2.75) is 44.1 Å². The molecule has 6 heteroatoms. The molecule has 2 aliphatic heterocycles. The van der Waals surface area contributed by atoms with Crippen LogP contribution in [0, 0.1) is 17.8 Å². The monoisotopic (exact) mass is 291 g/mol. The molecule has 0 aromatic rings. The Kier molecular flexibility index (Phi) is 2.78. The van der Waals surface area contributed by atoms with Crippen molar-refractivity contribution in [1.29, 1.82) is 0 Å². The third-order valence-corrected chi connectivity index (χ3v) is 6.00. The molecule has 0 unspecified atom stereocenters. The predicted molar refractivity (Wildman–Crippen MR) is 74.2 cm³/mol. The van der Waals surface area contributed by atoms with Crippen LogP contribution < -0.4 is 10.6 Å². The number of amides is 4. The number of hydrogen-bond acceptors (Lipinski definition) is 3. The number of urea groups is 1. The Morgan fingerprint density at radius 3 is 2.43 bits per heavy atom. The van der Waals surface area contributed by atoms with E-state index < -0.39 is 11.6 Å². The van der Waals surface area contributed by atoms with E-state index in [1.54, 1.807) is 0 Å². The van der Waals surface area contributed by atoms with Crippen molar-refractivity contribution in [2.24, 2.45) is 17.8 Å². The number of hydrogen-bond donors (Lipinski definition) is 2. The van der Waals surface area contributed by atoms with Gasteiger partial charge in [-0.05, 0) is 43.9 Å². The molecule has 4 rings (SSSR count). The molecule has 6 nitrogen and oxygen atoms in total. The van der Waals surface area contributed by atoms with Gasteiger partial charge in [0.2, 0.25) is 5.91 Å². The summed E-state index contributed by atoms with van der Waals surface area (Å²) in [5, 5.41) is 5.04. The second kappa shape index (κ2) is 4.45. The molecule has 2 N–H and O–H groups in total. The van der Waals surface area contributed by atoms with Crippen molar-refractivity contribution in [1.82, 2.24) is 15.5 Å². The predicted octanol–water partition coefficient (Wildman–Crippen LogP) is 0.623. The Balaban J connectivity index is 1.40. The molecule has 2 saturated carbocycles. The Hall–Kier alpha value is -1.59. The maximum absolute atomic E-state index is 12.7. The quantitative estimate of drug-likeness (QED) is 0.695. The Morgan fingerprint density at radius 2 is 1.90 bits per heavy atom. The smallest absolute Gasteiger partial charge is 0.322 e. The van der Waals surface area contributed by atoms with E-state index >= 15 is 0 Å². The number of piperidine rings is 1. The average Bonchev–Trinajstić information content (AvgIpc) is 3.15. The second-order valence-electron chi connectivity index (χ2n) is 7.10. The molecule has 1 spiro atoms. The molecular weight excluding hydrogens is 270 g/mol. The number of nitrogens with one attached hydrogen (secondary N) is 2. The first-order valence-electron chi connectivity index (χ1n) is 8.00. The van der Waals surface area contributed by atoms with Gasteiger partial charge in [0.1, 0.15) is 5.54 Å². The maximum Gasteiger partial charge on any atom is 0.322 e. The highest BCUT2D eigenvalue weighted by Gasteiger charge is 2.50. The second-order valence-corrected chi connectivity index (χ2v) is 7.10. The van der Waals surface area contributed by atoms with E-state index in [1.165, 1.54) is 19.3 Å². The Labute approximate surface area is 123 Å². The van der Waals surface area contributed by atoms with Gasteiger partial charge < -0.3 is 10.2 Å². The largest absolute Gasteiger partial charge is 0.342 e. The van der Waals surface area contributed by atoms with Crippen molar-refractivity contribution in [3.05, 3.63) is 0 Å². The van der Waals surface area contributed by atoms with Gasteiger partial charge in [0.05, 0.1) is 0 Å². The molecule has 2 saturated heterocycles. The van der Waals surface area contributed by atoms with Crippen molar-refractivity contribution in [3.8, 4) is 0 Å². The van der Waals surface area contributed by atoms with Crippen LogP contribution in [0.3, 0.4) is 0 Å². The van der Waals surface area contributed by atoms with E-state index in [-0.39, 0.29) is 17.7 Å². The summed E-state index contributed by atoms with van der Waals surface area (Å²) in [6, 6.07) is -0.409. The molecule has 2 heterocycles. The van der Waals surface area contributed by atoms with E-state index in [4.69, 9.17) is 0 Å². The van der Waals surface area contributed by atoms with Crippen LogP contribution in [0.2, 0.25) is 0 Å². The SMILES string of the molecule is O=C1NC(=O)C2(CCN(C(=O)[C@H]3C[C@@H]4CC[C@H]3C4)CC2)N1. The molecule has 2 bridgehead atoms. The number of rotatable bonds is 1. The standard InChI is InChI=1S/C15H21N3O3/c19-12(11-8-9-1-2-10(11)7-9)18-5-3-15(4-6-18)13(20)16-14(21)17-15/h9-11H,1-8H2,(H2,16,17,20,21)/t9-,10+,11+/m1/s1. The number of imide groups is 1. The first-order chi connectivity index (χ1) is 10.1. The molecule has 0 aromatic carbocycles. The summed E-state index contributed by atoms with van der Waals surface area (Å²) >= 11 is 0. The van der Waals surface area contributed by atoms with E-state index in [9.17, 15) is 14.4 Å². The minimum Gasteiger partial charge on any atom is -0.342 e. The minimum atomic E-state index is -0.775. The lowest BCUT2D eigenvalue weighted by molar-refractivity contribution is -0.140. The van der Waals surface area contributed by atoms with Crippen LogP contribution >= 0.6 is 0 Å². The third-order valence-electron chi connectivity index (χ3n) is 6.00. The van der Waals surface area contributed by atoms with Crippen LogP contribution in [0.25, 0.3) is 0 Å². The van der Waals surface area contributed by atoms with Crippen LogP contribution in [0.1, 0.15) is 38.5 Å². The molecule has 4 amide bonds. The zero-order valence-electron chi connectivity index (χ0n) is 12.1. The number of likely N-dealkylation sites (tertiary alicyclic amines) is 1. The Morgan fingerprint density at radius 1 is 1.14 bits per heavy atom. The van der Waals surface area contributed by atoms with Crippen LogP contribution in [0.5, 0.6) is 0 Å². The summed E-state index contributed by atoms with van der Waals surface area (Å²) < 4.78 is 0. The van der Waals surface area contributed by atoms with Gasteiger partial charge in [0, 0.05) is 19.0 Å². The third kappa shape index (κ3) is 1.95. The summed E-state index contributed by atoms with van der Waals surface area (Å²) in [4.78, 5) is 37.8. The summed E-state index contributed by atoms with van der Waals surface area (Å²) in [5.41, 5.74) is -0.775. The Bertz CT molecular complexity index is 510. The normalized spacial score (nSPS) is 37.0. The van der Waals surface area contributed by atoms with Crippen LogP contribution in [-0.4, -0.2) is 41.4 Å². The summed E-state index contributed by atoms with van der Waals surface area (Å²) in [5.74, 6) is 1.61. The van der Waals surface area contributed by atoms with E-state index in [1.807, 2.05) is 4.90 Å². The molecule has 4 aliphatic rings. The molecule has 2 aliphatic carbocycles. The number of nitrogens with zero attached hydrogens (tertiary/aromatic N) is 1. The number of carbonyl (C=O) groups excluding carboxylic acids is 3. The van der Waals surface area contributed by atoms with Gasteiger partial charge >= 0.3 is 6.03 Å². The molecule has 114 valence electrons.